The molecule has 6 heteroatoms. The van der Waals surface area contributed by atoms with Crippen molar-refractivity contribution in [3.05, 3.63) is 30.1 Å². The molecule has 3 heterocycles. The van der Waals surface area contributed by atoms with E-state index < -0.39 is 0 Å². The molecule has 6 nitrogen and oxygen atoms in total. The van der Waals surface area contributed by atoms with Gasteiger partial charge in [0.15, 0.2) is 0 Å². The van der Waals surface area contributed by atoms with Crippen molar-refractivity contribution in [3.63, 3.8) is 0 Å². The second-order valence-electron chi connectivity index (χ2n) is 9.52. The first-order valence-electron chi connectivity index (χ1n) is 11.7. The number of hydrogen-bond acceptors (Lipinski definition) is 4. The molecule has 2 atom stereocenters. The summed E-state index contributed by atoms with van der Waals surface area (Å²) in [5.74, 6) is 0.804. The first-order valence-corrected chi connectivity index (χ1v) is 11.7. The Morgan fingerprint density at radius 1 is 1.07 bits per heavy atom. The van der Waals surface area contributed by atoms with Gasteiger partial charge in [0.1, 0.15) is 0 Å². The molecule has 0 bridgehead atoms. The molecule has 0 spiro atoms. The lowest BCUT2D eigenvalue weighted by Gasteiger charge is -2.54. The molecule has 2 amide bonds. The number of rotatable bonds is 5. The highest BCUT2D eigenvalue weighted by molar-refractivity contribution is 5.80. The number of piperidine rings is 2. The molecule has 0 unspecified atom stereocenters. The van der Waals surface area contributed by atoms with E-state index in [-0.39, 0.29) is 36.3 Å². The summed E-state index contributed by atoms with van der Waals surface area (Å²) in [4.78, 5) is 34.4. The number of aliphatic hydroxyl groups is 1. The molecular formula is C24H35N3O3. The quantitative estimate of drug-likeness (QED) is 0.806. The Labute approximate surface area is 179 Å². The van der Waals surface area contributed by atoms with Crippen molar-refractivity contribution < 1.29 is 14.7 Å². The predicted octanol–water partition coefficient (Wildman–Crippen LogP) is 2.80. The molecule has 3 fully saturated rings. The molecule has 4 rings (SSSR count). The minimum Gasteiger partial charge on any atom is -0.396 e. The minimum atomic E-state index is -0.278. The van der Waals surface area contributed by atoms with Crippen LogP contribution < -0.4 is 0 Å². The van der Waals surface area contributed by atoms with Crippen LogP contribution in [0, 0.1) is 11.3 Å². The standard InChI is InChI=1S/C24H35N3O3/c28-18-24-10-6-13-27(23(30)16-20-9-4-5-12-25-20)21(24)17-26(14-11-24)22(29)15-19-7-2-1-3-8-19/h4-5,9,12,19,21,28H,1-3,6-8,10-11,13-18H2/t21-,24-/m0/s1. The Bertz CT molecular complexity index is 734. The number of amides is 2. The highest BCUT2D eigenvalue weighted by atomic mass is 16.3. The van der Waals surface area contributed by atoms with Gasteiger partial charge in [0.2, 0.25) is 11.8 Å². The number of carbonyl (C=O) groups excluding carboxylic acids is 2. The van der Waals surface area contributed by atoms with E-state index in [2.05, 4.69) is 4.98 Å². The van der Waals surface area contributed by atoms with Crippen LogP contribution in [0.3, 0.4) is 0 Å². The third-order valence-electron chi connectivity index (χ3n) is 7.66. The number of pyridine rings is 1. The Kier molecular flexibility index (Phi) is 6.71. The van der Waals surface area contributed by atoms with Gasteiger partial charge in [0.05, 0.1) is 19.1 Å². The molecule has 164 valence electrons. The summed E-state index contributed by atoms with van der Waals surface area (Å²) in [6.07, 6.45) is 11.3. The van der Waals surface area contributed by atoms with Gasteiger partial charge in [-0.15, -0.1) is 0 Å². The zero-order valence-electron chi connectivity index (χ0n) is 18.0. The molecule has 1 aromatic rings. The van der Waals surface area contributed by atoms with E-state index in [0.29, 0.717) is 32.0 Å². The average Bonchev–Trinajstić information content (AvgIpc) is 2.79. The summed E-state index contributed by atoms with van der Waals surface area (Å²) in [5, 5.41) is 10.3. The summed E-state index contributed by atoms with van der Waals surface area (Å²) in [6.45, 7) is 2.03. The Balaban J connectivity index is 1.46. The zero-order chi connectivity index (χ0) is 21.0. The number of nitrogens with zero attached hydrogens (tertiary/aromatic N) is 3. The number of aliphatic hydroxyl groups excluding tert-OH is 1. The van der Waals surface area contributed by atoms with Gasteiger partial charge in [0, 0.05) is 43.4 Å². The van der Waals surface area contributed by atoms with E-state index in [1.165, 1.54) is 19.3 Å². The number of hydrogen-bond donors (Lipinski definition) is 1. The van der Waals surface area contributed by atoms with Crippen LogP contribution in [0.2, 0.25) is 0 Å². The third kappa shape index (κ3) is 4.53. The Hall–Kier alpha value is -1.95. The van der Waals surface area contributed by atoms with Gasteiger partial charge in [-0.25, -0.2) is 0 Å². The van der Waals surface area contributed by atoms with Gasteiger partial charge in [-0.3, -0.25) is 14.6 Å². The van der Waals surface area contributed by atoms with Crippen LogP contribution in [0.4, 0.5) is 0 Å². The van der Waals surface area contributed by atoms with Crippen molar-refractivity contribution >= 4 is 11.8 Å². The van der Waals surface area contributed by atoms with Crippen LogP contribution in [0.1, 0.15) is 63.5 Å². The van der Waals surface area contributed by atoms with Crippen molar-refractivity contribution in [1.29, 1.82) is 0 Å². The van der Waals surface area contributed by atoms with Gasteiger partial charge in [0.25, 0.3) is 0 Å². The number of fused-ring (bicyclic) bond motifs is 1. The van der Waals surface area contributed by atoms with Crippen LogP contribution in [0.5, 0.6) is 0 Å². The normalized spacial score (nSPS) is 27.6. The van der Waals surface area contributed by atoms with Crippen LogP contribution in [0.25, 0.3) is 0 Å². The molecule has 3 aliphatic rings. The predicted molar refractivity (Wildman–Crippen MR) is 115 cm³/mol. The van der Waals surface area contributed by atoms with Crippen molar-refractivity contribution in [1.82, 2.24) is 14.8 Å². The molecule has 2 saturated heterocycles. The molecule has 2 aliphatic heterocycles. The van der Waals surface area contributed by atoms with Gasteiger partial charge >= 0.3 is 0 Å². The minimum absolute atomic E-state index is 0.0535. The Morgan fingerprint density at radius 2 is 1.90 bits per heavy atom. The van der Waals surface area contributed by atoms with Gasteiger partial charge < -0.3 is 14.9 Å². The molecule has 1 N–H and O–H groups in total. The van der Waals surface area contributed by atoms with E-state index in [0.717, 1.165) is 37.8 Å². The lowest BCUT2D eigenvalue weighted by Crippen LogP contribution is -2.64. The van der Waals surface area contributed by atoms with Crippen LogP contribution in [-0.2, 0) is 16.0 Å². The maximum Gasteiger partial charge on any atom is 0.228 e. The SMILES string of the molecule is O=C(CC1CCCCC1)N1CC[C@]2(CO)CCCN(C(=O)Cc3ccccn3)[C@H]2C1. The van der Waals surface area contributed by atoms with Crippen LogP contribution >= 0.6 is 0 Å². The van der Waals surface area contributed by atoms with E-state index in [9.17, 15) is 14.7 Å². The van der Waals surface area contributed by atoms with Crippen molar-refractivity contribution in [2.45, 2.75) is 70.3 Å². The van der Waals surface area contributed by atoms with E-state index in [1.807, 2.05) is 28.0 Å². The lowest BCUT2D eigenvalue weighted by molar-refractivity contribution is -0.153. The molecule has 0 aromatic carbocycles. The third-order valence-corrected chi connectivity index (χ3v) is 7.66. The molecular weight excluding hydrogens is 378 g/mol. The molecule has 1 aliphatic carbocycles. The maximum absolute atomic E-state index is 13.2. The number of aromatic nitrogens is 1. The average molecular weight is 414 g/mol. The van der Waals surface area contributed by atoms with E-state index in [1.54, 1.807) is 6.20 Å². The fourth-order valence-electron chi connectivity index (χ4n) is 5.81. The summed E-state index contributed by atoms with van der Waals surface area (Å²) >= 11 is 0. The van der Waals surface area contributed by atoms with Gasteiger partial charge in [-0.05, 0) is 50.2 Å². The van der Waals surface area contributed by atoms with Crippen LogP contribution in [-0.4, -0.2) is 64.0 Å². The second kappa shape index (κ2) is 9.46. The molecule has 1 aromatic heterocycles. The molecule has 30 heavy (non-hydrogen) atoms. The van der Waals surface area contributed by atoms with Crippen molar-refractivity contribution in [2.24, 2.45) is 11.3 Å². The number of likely N-dealkylation sites (tertiary alicyclic amines) is 2. The summed E-state index contributed by atoms with van der Waals surface area (Å²) < 4.78 is 0. The summed E-state index contributed by atoms with van der Waals surface area (Å²) in [7, 11) is 0. The maximum atomic E-state index is 13.2. The molecule has 0 radical (unpaired) electrons. The second-order valence-corrected chi connectivity index (χ2v) is 9.52. The fraction of sp³-hybridized carbons (Fsp3) is 0.708. The number of carbonyl (C=O) groups is 2. The monoisotopic (exact) mass is 413 g/mol. The topological polar surface area (TPSA) is 73.7 Å². The highest BCUT2D eigenvalue weighted by Crippen LogP contribution is 2.42. The van der Waals surface area contributed by atoms with E-state index >= 15 is 0 Å². The first kappa shape index (κ1) is 21.3. The van der Waals surface area contributed by atoms with E-state index in [4.69, 9.17) is 0 Å². The summed E-state index contributed by atoms with van der Waals surface area (Å²) in [6, 6.07) is 5.53. The Morgan fingerprint density at radius 3 is 2.63 bits per heavy atom. The van der Waals surface area contributed by atoms with Gasteiger partial charge in [-0.2, -0.15) is 0 Å². The van der Waals surface area contributed by atoms with Crippen LogP contribution in [0.15, 0.2) is 24.4 Å². The first-order chi connectivity index (χ1) is 14.6. The largest absolute Gasteiger partial charge is 0.396 e. The highest BCUT2D eigenvalue weighted by Gasteiger charge is 2.49. The summed E-state index contributed by atoms with van der Waals surface area (Å²) in [5.41, 5.74) is 0.489. The zero-order valence-corrected chi connectivity index (χ0v) is 18.0. The van der Waals surface area contributed by atoms with Gasteiger partial charge in [-0.1, -0.05) is 25.3 Å². The van der Waals surface area contributed by atoms with Crippen molar-refractivity contribution in [3.8, 4) is 0 Å². The molecule has 1 saturated carbocycles. The lowest BCUT2D eigenvalue weighted by atomic mass is 9.68. The fourth-order valence-corrected chi connectivity index (χ4v) is 5.81. The van der Waals surface area contributed by atoms with Crippen molar-refractivity contribution in [2.75, 3.05) is 26.2 Å². The smallest absolute Gasteiger partial charge is 0.228 e.